The molecule has 14 heavy (non-hydrogen) atoms. The molecule has 0 radical (unpaired) electrons. The SMILES string of the molecule is CCCOCCO.COC1CCCC1. The summed E-state index contributed by atoms with van der Waals surface area (Å²) in [4.78, 5) is 0. The average Bonchev–Trinajstić information content (AvgIpc) is 2.72. The Balaban J connectivity index is 0.000000241. The van der Waals surface area contributed by atoms with E-state index < -0.39 is 0 Å². The molecule has 0 heterocycles. The van der Waals surface area contributed by atoms with Gasteiger partial charge in [0.1, 0.15) is 0 Å². The molecule has 0 unspecified atom stereocenters. The Hall–Kier alpha value is -0.120. The van der Waals surface area contributed by atoms with Crippen molar-refractivity contribution in [1.29, 1.82) is 0 Å². The van der Waals surface area contributed by atoms with Gasteiger partial charge in [-0.1, -0.05) is 19.8 Å². The lowest BCUT2D eigenvalue weighted by atomic mass is 10.3. The van der Waals surface area contributed by atoms with E-state index in [-0.39, 0.29) is 6.61 Å². The molecule has 3 nitrogen and oxygen atoms in total. The largest absolute Gasteiger partial charge is 0.394 e. The predicted molar refractivity (Wildman–Crippen MR) is 57.5 cm³/mol. The van der Waals surface area contributed by atoms with Crippen LogP contribution in [0, 0.1) is 0 Å². The van der Waals surface area contributed by atoms with Crippen molar-refractivity contribution in [1.82, 2.24) is 0 Å². The molecular weight excluding hydrogens is 180 g/mol. The van der Waals surface area contributed by atoms with E-state index in [4.69, 9.17) is 14.6 Å². The fourth-order valence-electron chi connectivity index (χ4n) is 1.44. The lowest BCUT2D eigenvalue weighted by Crippen LogP contribution is -2.01. The van der Waals surface area contributed by atoms with E-state index in [0.29, 0.717) is 12.7 Å². The Morgan fingerprint density at radius 1 is 1.21 bits per heavy atom. The molecule has 1 saturated carbocycles. The van der Waals surface area contributed by atoms with Gasteiger partial charge in [0.15, 0.2) is 0 Å². The van der Waals surface area contributed by atoms with Gasteiger partial charge in [-0.15, -0.1) is 0 Å². The number of methoxy groups -OCH3 is 1. The van der Waals surface area contributed by atoms with Gasteiger partial charge in [-0.25, -0.2) is 0 Å². The second-order valence-corrected chi connectivity index (χ2v) is 3.48. The molecule has 0 amide bonds. The van der Waals surface area contributed by atoms with Crippen LogP contribution in [0.1, 0.15) is 39.0 Å². The van der Waals surface area contributed by atoms with Gasteiger partial charge < -0.3 is 14.6 Å². The zero-order valence-corrected chi connectivity index (χ0v) is 9.50. The van der Waals surface area contributed by atoms with Crippen LogP contribution < -0.4 is 0 Å². The fraction of sp³-hybridized carbons (Fsp3) is 1.00. The van der Waals surface area contributed by atoms with E-state index in [9.17, 15) is 0 Å². The minimum absolute atomic E-state index is 0.139. The minimum Gasteiger partial charge on any atom is -0.394 e. The molecule has 0 spiro atoms. The molecule has 0 atom stereocenters. The van der Waals surface area contributed by atoms with E-state index in [1.807, 2.05) is 6.92 Å². The monoisotopic (exact) mass is 204 g/mol. The van der Waals surface area contributed by atoms with E-state index >= 15 is 0 Å². The highest BCUT2D eigenvalue weighted by atomic mass is 16.5. The van der Waals surface area contributed by atoms with Gasteiger partial charge in [0.05, 0.1) is 19.3 Å². The summed E-state index contributed by atoms with van der Waals surface area (Å²) in [6.07, 6.45) is 6.95. The highest BCUT2D eigenvalue weighted by molar-refractivity contribution is 4.65. The number of hydrogen-bond acceptors (Lipinski definition) is 3. The summed E-state index contributed by atoms with van der Waals surface area (Å²) in [7, 11) is 1.80. The van der Waals surface area contributed by atoms with Crippen molar-refractivity contribution in [2.24, 2.45) is 0 Å². The molecule has 0 saturated heterocycles. The van der Waals surface area contributed by atoms with Crippen molar-refractivity contribution in [3.63, 3.8) is 0 Å². The Kier molecular flexibility index (Phi) is 10.9. The molecule has 0 aromatic rings. The van der Waals surface area contributed by atoms with Crippen LogP contribution in [0.2, 0.25) is 0 Å². The predicted octanol–water partition coefficient (Wildman–Crippen LogP) is 1.98. The van der Waals surface area contributed by atoms with Crippen LogP contribution in [0.25, 0.3) is 0 Å². The molecule has 1 aliphatic rings. The molecular formula is C11H24O3. The molecule has 0 aromatic carbocycles. The highest BCUT2D eigenvalue weighted by Gasteiger charge is 2.12. The topological polar surface area (TPSA) is 38.7 Å². The van der Waals surface area contributed by atoms with Crippen LogP contribution in [0.15, 0.2) is 0 Å². The van der Waals surface area contributed by atoms with Crippen LogP contribution in [0.3, 0.4) is 0 Å². The van der Waals surface area contributed by atoms with Gasteiger partial charge in [0.2, 0.25) is 0 Å². The van der Waals surface area contributed by atoms with Gasteiger partial charge in [0, 0.05) is 13.7 Å². The van der Waals surface area contributed by atoms with Gasteiger partial charge in [-0.2, -0.15) is 0 Å². The molecule has 3 heteroatoms. The maximum absolute atomic E-state index is 8.17. The maximum atomic E-state index is 8.17. The van der Waals surface area contributed by atoms with E-state index in [2.05, 4.69) is 0 Å². The summed E-state index contributed by atoms with van der Waals surface area (Å²) >= 11 is 0. The first kappa shape index (κ1) is 13.9. The smallest absolute Gasteiger partial charge is 0.0697 e. The maximum Gasteiger partial charge on any atom is 0.0697 e. The van der Waals surface area contributed by atoms with Crippen LogP contribution >= 0.6 is 0 Å². The summed E-state index contributed by atoms with van der Waals surface area (Å²) in [5.74, 6) is 0. The van der Waals surface area contributed by atoms with Gasteiger partial charge in [-0.3, -0.25) is 0 Å². The van der Waals surface area contributed by atoms with Crippen molar-refractivity contribution >= 4 is 0 Å². The lowest BCUT2D eigenvalue weighted by Gasteiger charge is -2.02. The number of aliphatic hydroxyl groups is 1. The first-order valence-electron chi connectivity index (χ1n) is 5.56. The number of ether oxygens (including phenoxy) is 2. The van der Waals surface area contributed by atoms with Crippen molar-refractivity contribution in [3.05, 3.63) is 0 Å². The van der Waals surface area contributed by atoms with Crippen LogP contribution in [0.5, 0.6) is 0 Å². The third kappa shape index (κ3) is 8.48. The van der Waals surface area contributed by atoms with Gasteiger partial charge >= 0.3 is 0 Å². The third-order valence-corrected chi connectivity index (χ3v) is 2.22. The Morgan fingerprint density at radius 2 is 1.86 bits per heavy atom. The number of rotatable bonds is 5. The average molecular weight is 204 g/mol. The molecule has 1 fully saturated rings. The minimum atomic E-state index is 0.139. The molecule has 0 aromatic heterocycles. The molecule has 1 aliphatic carbocycles. The Bertz CT molecular complexity index is 96.7. The normalized spacial score (nSPS) is 16.5. The zero-order chi connectivity index (χ0) is 10.6. The number of aliphatic hydroxyl groups excluding tert-OH is 1. The van der Waals surface area contributed by atoms with Crippen molar-refractivity contribution < 1.29 is 14.6 Å². The van der Waals surface area contributed by atoms with Crippen LogP contribution in [-0.2, 0) is 9.47 Å². The standard InChI is InChI=1S/C6H12O.C5H12O2/c1-7-6-4-2-3-5-6;1-2-4-7-5-3-6/h2*6H,2-5H2,1H3. The summed E-state index contributed by atoms with van der Waals surface area (Å²) in [5, 5.41) is 8.17. The first-order valence-corrected chi connectivity index (χ1v) is 5.56. The van der Waals surface area contributed by atoms with Crippen molar-refractivity contribution in [2.45, 2.75) is 45.1 Å². The van der Waals surface area contributed by atoms with Gasteiger partial charge in [-0.05, 0) is 19.3 Å². The molecule has 1 N–H and O–H groups in total. The summed E-state index contributed by atoms with van der Waals surface area (Å²) in [5.41, 5.74) is 0. The van der Waals surface area contributed by atoms with E-state index in [1.165, 1.54) is 25.7 Å². The van der Waals surface area contributed by atoms with Crippen LogP contribution in [-0.4, -0.2) is 38.1 Å². The van der Waals surface area contributed by atoms with Gasteiger partial charge in [0.25, 0.3) is 0 Å². The Labute approximate surface area is 87.4 Å². The molecule has 0 bridgehead atoms. The van der Waals surface area contributed by atoms with E-state index in [1.54, 1.807) is 7.11 Å². The summed E-state index contributed by atoms with van der Waals surface area (Å²) in [6.45, 7) is 3.42. The molecule has 0 aliphatic heterocycles. The second kappa shape index (κ2) is 11.0. The van der Waals surface area contributed by atoms with Crippen molar-refractivity contribution in [3.8, 4) is 0 Å². The molecule has 1 rings (SSSR count). The first-order chi connectivity index (χ1) is 6.85. The Morgan fingerprint density at radius 3 is 2.21 bits per heavy atom. The van der Waals surface area contributed by atoms with Crippen LogP contribution in [0.4, 0.5) is 0 Å². The number of hydrogen-bond donors (Lipinski definition) is 1. The summed E-state index contributed by atoms with van der Waals surface area (Å²) < 4.78 is 9.99. The summed E-state index contributed by atoms with van der Waals surface area (Å²) in [6, 6.07) is 0. The second-order valence-electron chi connectivity index (χ2n) is 3.48. The lowest BCUT2D eigenvalue weighted by molar-refractivity contribution is 0.0928. The molecule has 86 valence electrons. The van der Waals surface area contributed by atoms with E-state index in [0.717, 1.165) is 13.0 Å². The zero-order valence-electron chi connectivity index (χ0n) is 9.50. The third-order valence-electron chi connectivity index (χ3n) is 2.22. The van der Waals surface area contributed by atoms with Crippen molar-refractivity contribution in [2.75, 3.05) is 26.9 Å². The highest BCUT2D eigenvalue weighted by Crippen LogP contribution is 2.19. The quantitative estimate of drug-likeness (QED) is 0.696. The fourth-order valence-corrected chi connectivity index (χ4v) is 1.44.